The minimum Gasteiger partial charge on any atom is -0.325 e. The molecule has 3 aromatic rings. The average Bonchev–Trinajstić information content (AvgIpc) is 3.19. The molecule has 0 radical (unpaired) electrons. The van der Waals surface area contributed by atoms with Crippen molar-refractivity contribution in [1.29, 1.82) is 5.26 Å². The van der Waals surface area contributed by atoms with Crippen LogP contribution < -0.4 is 10.6 Å². The van der Waals surface area contributed by atoms with Crippen LogP contribution in [0.1, 0.15) is 69.6 Å². The van der Waals surface area contributed by atoms with Gasteiger partial charge in [-0.3, -0.25) is 4.79 Å². The van der Waals surface area contributed by atoms with E-state index in [1.807, 2.05) is 32.9 Å². The maximum absolute atomic E-state index is 15.7. The molecule has 1 heterocycles. The molecule has 1 fully saturated rings. The van der Waals surface area contributed by atoms with Gasteiger partial charge in [0.05, 0.1) is 17.1 Å². The Balaban J connectivity index is 1.92. The highest BCUT2D eigenvalue weighted by Crippen LogP contribution is 2.52. The number of amides is 1. The Morgan fingerprint density at radius 1 is 1.10 bits per heavy atom. The predicted octanol–water partition coefficient (Wildman–Crippen LogP) is 8.36. The van der Waals surface area contributed by atoms with Crippen molar-refractivity contribution in [2.24, 2.45) is 5.41 Å². The van der Waals surface area contributed by atoms with Gasteiger partial charge in [-0.2, -0.15) is 5.26 Å². The lowest BCUT2D eigenvalue weighted by Crippen LogP contribution is -2.45. The second-order valence-electron chi connectivity index (χ2n) is 12.0. The quantitative estimate of drug-likeness (QED) is 0.306. The number of hydrogen-bond donors (Lipinski definition) is 2. The summed E-state index contributed by atoms with van der Waals surface area (Å²) >= 11 is 12.3. The molecule has 1 aliphatic rings. The lowest BCUT2D eigenvalue weighted by molar-refractivity contribution is -0.118. The number of benzene rings is 3. The van der Waals surface area contributed by atoms with Gasteiger partial charge in [0.2, 0.25) is 5.91 Å². The molecule has 4 rings (SSSR count). The van der Waals surface area contributed by atoms with E-state index in [1.165, 1.54) is 24.3 Å². The fourth-order valence-corrected chi connectivity index (χ4v) is 6.07. The molecule has 1 aliphatic heterocycles. The Bertz CT molecular complexity index is 1450. The van der Waals surface area contributed by atoms with Crippen molar-refractivity contribution in [3.8, 4) is 6.07 Å². The van der Waals surface area contributed by atoms with Crippen molar-refractivity contribution >= 4 is 34.8 Å². The monoisotopic (exact) mass is 583 g/mol. The van der Waals surface area contributed by atoms with Crippen LogP contribution in [-0.2, 0) is 10.2 Å². The Hall–Kier alpha value is -2.98. The van der Waals surface area contributed by atoms with Crippen molar-refractivity contribution in [3.05, 3.63) is 99.0 Å². The summed E-state index contributed by atoms with van der Waals surface area (Å²) in [5.41, 5.74) is -0.219. The van der Waals surface area contributed by atoms with Gasteiger partial charge in [-0.1, -0.05) is 88.2 Å². The van der Waals surface area contributed by atoms with E-state index in [4.69, 9.17) is 23.2 Å². The van der Waals surface area contributed by atoms with Crippen molar-refractivity contribution in [3.63, 3.8) is 0 Å². The molecule has 0 saturated carbocycles. The van der Waals surface area contributed by atoms with E-state index in [-0.39, 0.29) is 26.6 Å². The zero-order valence-electron chi connectivity index (χ0n) is 23.2. The second-order valence-corrected chi connectivity index (χ2v) is 12.8. The molecule has 4 atom stereocenters. The molecule has 3 aromatic carbocycles. The molecular formula is C32H33Cl2F2N3O. The number of nitrogens with zero attached hydrogens (tertiary/aromatic N) is 1. The molecule has 40 heavy (non-hydrogen) atoms. The van der Waals surface area contributed by atoms with Gasteiger partial charge in [0.1, 0.15) is 17.0 Å². The van der Waals surface area contributed by atoms with Crippen LogP contribution in [0.3, 0.4) is 0 Å². The zero-order valence-corrected chi connectivity index (χ0v) is 24.7. The molecule has 1 saturated heterocycles. The van der Waals surface area contributed by atoms with E-state index < -0.39 is 41.0 Å². The lowest BCUT2D eigenvalue weighted by atomic mass is 9.62. The molecule has 1 amide bonds. The van der Waals surface area contributed by atoms with E-state index in [9.17, 15) is 10.1 Å². The molecule has 0 aromatic heterocycles. The number of nitriles is 1. The highest BCUT2D eigenvalue weighted by molar-refractivity contribution is 6.31. The number of halogens is 4. The Morgan fingerprint density at radius 3 is 2.35 bits per heavy atom. The molecule has 2 N–H and O–H groups in total. The summed E-state index contributed by atoms with van der Waals surface area (Å²) in [6.07, 6.45) is 0.397. The van der Waals surface area contributed by atoms with Crippen LogP contribution in [0.4, 0.5) is 14.5 Å². The predicted molar refractivity (Wildman–Crippen MR) is 157 cm³/mol. The summed E-state index contributed by atoms with van der Waals surface area (Å²) in [6.45, 7) is 10.1. The highest BCUT2D eigenvalue weighted by Gasteiger charge is 2.61. The van der Waals surface area contributed by atoms with E-state index in [2.05, 4.69) is 30.6 Å². The summed E-state index contributed by atoms with van der Waals surface area (Å²) in [6, 6.07) is 16.6. The van der Waals surface area contributed by atoms with Crippen molar-refractivity contribution in [2.45, 2.75) is 70.4 Å². The topological polar surface area (TPSA) is 64.9 Å². The Morgan fingerprint density at radius 2 is 1.77 bits per heavy atom. The van der Waals surface area contributed by atoms with Crippen LogP contribution >= 0.6 is 23.2 Å². The Labute approximate surface area is 244 Å². The van der Waals surface area contributed by atoms with E-state index in [1.54, 1.807) is 18.2 Å². The molecule has 210 valence electrons. The summed E-state index contributed by atoms with van der Waals surface area (Å²) in [7, 11) is 0. The van der Waals surface area contributed by atoms with Gasteiger partial charge in [0, 0.05) is 28.2 Å². The van der Waals surface area contributed by atoms with Gasteiger partial charge in [0.25, 0.3) is 0 Å². The average molecular weight is 585 g/mol. The largest absolute Gasteiger partial charge is 0.325 e. The van der Waals surface area contributed by atoms with Crippen LogP contribution in [0.15, 0.2) is 60.7 Å². The van der Waals surface area contributed by atoms with Gasteiger partial charge < -0.3 is 10.6 Å². The number of anilines is 1. The minimum absolute atomic E-state index is 0.0436. The van der Waals surface area contributed by atoms with Crippen LogP contribution in [-0.4, -0.2) is 18.0 Å². The van der Waals surface area contributed by atoms with Crippen LogP contribution in [0.2, 0.25) is 10.0 Å². The smallest absolute Gasteiger partial charge is 0.242 e. The van der Waals surface area contributed by atoms with Gasteiger partial charge in [0.15, 0.2) is 0 Å². The first kappa shape index (κ1) is 30.0. The molecule has 0 spiro atoms. The molecule has 2 unspecified atom stereocenters. The van der Waals surface area contributed by atoms with Gasteiger partial charge in [-0.15, -0.1) is 0 Å². The number of nitrogens with one attached hydrogen (secondary N) is 2. The molecule has 0 bridgehead atoms. The van der Waals surface area contributed by atoms with E-state index in [0.29, 0.717) is 18.0 Å². The molecule has 0 aliphatic carbocycles. The first-order chi connectivity index (χ1) is 18.8. The number of rotatable bonds is 6. The van der Waals surface area contributed by atoms with Gasteiger partial charge in [-0.05, 0) is 59.2 Å². The minimum atomic E-state index is -1.67. The third-order valence-electron chi connectivity index (χ3n) is 7.58. The zero-order chi connectivity index (χ0) is 29.4. The maximum atomic E-state index is 15.7. The number of hydrogen-bond acceptors (Lipinski definition) is 3. The van der Waals surface area contributed by atoms with Crippen molar-refractivity contribution in [1.82, 2.24) is 5.32 Å². The fourth-order valence-electron chi connectivity index (χ4n) is 5.73. The number of carbonyl (C=O) groups is 1. The van der Waals surface area contributed by atoms with Crippen molar-refractivity contribution < 1.29 is 13.6 Å². The second kappa shape index (κ2) is 11.5. The van der Waals surface area contributed by atoms with Crippen LogP contribution in [0.25, 0.3) is 0 Å². The third kappa shape index (κ3) is 5.74. The highest BCUT2D eigenvalue weighted by atomic mass is 35.5. The maximum Gasteiger partial charge on any atom is 0.242 e. The fraction of sp³-hybridized carbons (Fsp3) is 0.375. The molecular weight excluding hydrogens is 551 g/mol. The lowest BCUT2D eigenvalue weighted by Gasteiger charge is -2.37. The summed E-state index contributed by atoms with van der Waals surface area (Å²) in [4.78, 5) is 13.9. The standard InChI is InChI=1S/C32H33Cl2F2N3O/c1-18(2)19-9-12-21(13-10-19)38-30(40)29-27(22-7-6-8-24(34)28(22)36)32(17-37,26(39-29)16-31(3,4)5)23-14-11-20(33)15-25(23)35/h6-15,18,26-27,29,39H,16H2,1-5H3,(H,38,40)/t26-,27-,29?,32?/m1/s1. The summed E-state index contributed by atoms with van der Waals surface area (Å²) < 4.78 is 31.5. The first-order valence-electron chi connectivity index (χ1n) is 13.3. The molecule has 8 heteroatoms. The van der Waals surface area contributed by atoms with Gasteiger partial charge in [-0.25, -0.2) is 8.78 Å². The van der Waals surface area contributed by atoms with Crippen molar-refractivity contribution in [2.75, 3.05) is 5.32 Å². The third-order valence-corrected chi connectivity index (χ3v) is 8.10. The number of carbonyl (C=O) groups excluding carboxylic acids is 1. The van der Waals surface area contributed by atoms with E-state index >= 15 is 8.78 Å². The van der Waals surface area contributed by atoms with Crippen LogP contribution in [0, 0.1) is 28.4 Å². The normalized spacial score (nSPS) is 22.8. The Kier molecular flexibility index (Phi) is 8.61. The molecule has 4 nitrogen and oxygen atoms in total. The summed E-state index contributed by atoms with van der Waals surface area (Å²) in [5, 5.41) is 17.2. The first-order valence-corrected chi connectivity index (χ1v) is 14.0. The van der Waals surface area contributed by atoms with Crippen LogP contribution in [0.5, 0.6) is 0 Å². The summed E-state index contributed by atoms with van der Waals surface area (Å²) in [5.74, 6) is -2.71. The van der Waals surface area contributed by atoms with E-state index in [0.717, 1.165) is 11.6 Å². The SMILES string of the molecule is CC(C)c1ccc(NC(=O)C2N[C@H](CC(C)(C)C)C(C#N)(c3ccc(Cl)cc3F)[C@@H]2c2cccc(Cl)c2F)cc1. The van der Waals surface area contributed by atoms with Gasteiger partial charge >= 0.3 is 0 Å².